The Hall–Kier alpha value is -3.13. The third kappa shape index (κ3) is 3.38. The van der Waals surface area contributed by atoms with Gasteiger partial charge in [-0.3, -0.25) is 19.9 Å². The highest BCUT2D eigenvalue weighted by molar-refractivity contribution is 7.17. The van der Waals surface area contributed by atoms with Crippen molar-refractivity contribution < 1.29 is 9.72 Å². The number of hydrogen-bond donors (Lipinski definition) is 1. The van der Waals surface area contributed by atoms with Gasteiger partial charge in [-0.2, -0.15) is 0 Å². The van der Waals surface area contributed by atoms with Gasteiger partial charge in [-0.05, 0) is 32.0 Å². The number of carbonyl (C=O) groups is 1. The summed E-state index contributed by atoms with van der Waals surface area (Å²) in [5, 5.41) is 14.5. The molecule has 0 bridgehead atoms. The van der Waals surface area contributed by atoms with Crippen molar-refractivity contribution in [3.8, 4) is 10.6 Å². The largest absolute Gasteiger partial charge is 0.321 e. The van der Waals surface area contributed by atoms with Gasteiger partial charge in [0.2, 0.25) is 0 Å². The molecule has 0 aliphatic rings. The molecule has 0 radical (unpaired) electrons. The van der Waals surface area contributed by atoms with E-state index in [0.29, 0.717) is 26.8 Å². The minimum atomic E-state index is -0.469. The summed E-state index contributed by atoms with van der Waals surface area (Å²) in [7, 11) is 0. The molecular weight excluding hydrogens is 340 g/mol. The number of nitro benzene ring substituents is 1. The fourth-order valence-corrected chi connectivity index (χ4v) is 3.31. The molecule has 1 N–H and O–H groups in total. The Bertz CT molecular complexity index is 954. The first-order valence-electron chi connectivity index (χ1n) is 7.40. The molecular formula is C17H14N4O3S. The Morgan fingerprint density at radius 2 is 2.04 bits per heavy atom. The van der Waals surface area contributed by atoms with Crippen LogP contribution >= 0.6 is 11.3 Å². The number of aryl methyl sites for hydroxylation is 1. The summed E-state index contributed by atoms with van der Waals surface area (Å²) in [6.45, 7) is 3.36. The fourth-order valence-electron chi connectivity index (χ4n) is 2.36. The lowest BCUT2D eigenvalue weighted by Crippen LogP contribution is -2.13. The predicted molar refractivity (Wildman–Crippen MR) is 95.9 cm³/mol. The number of benzene rings is 1. The molecule has 3 aromatic rings. The van der Waals surface area contributed by atoms with Crippen LogP contribution in [0.2, 0.25) is 0 Å². The topological polar surface area (TPSA) is 98.0 Å². The number of pyridine rings is 1. The minimum absolute atomic E-state index is 0.0325. The highest BCUT2D eigenvalue weighted by Gasteiger charge is 2.19. The number of nitro groups is 1. The number of rotatable bonds is 4. The second-order valence-corrected chi connectivity index (χ2v) is 6.34. The van der Waals surface area contributed by atoms with Crippen LogP contribution in [0.4, 0.5) is 11.4 Å². The van der Waals surface area contributed by atoms with Crippen LogP contribution in [0.3, 0.4) is 0 Å². The number of hydrogen-bond acceptors (Lipinski definition) is 6. The first-order chi connectivity index (χ1) is 12.0. The summed E-state index contributed by atoms with van der Waals surface area (Å²) in [6, 6.07) is 8.26. The molecule has 2 aromatic heterocycles. The van der Waals surface area contributed by atoms with Crippen molar-refractivity contribution in [1.29, 1.82) is 0 Å². The quantitative estimate of drug-likeness (QED) is 0.564. The molecule has 0 fully saturated rings. The van der Waals surface area contributed by atoms with E-state index in [0.717, 1.165) is 5.56 Å². The van der Waals surface area contributed by atoms with Gasteiger partial charge in [0.05, 0.1) is 21.9 Å². The molecule has 0 saturated carbocycles. The van der Waals surface area contributed by atoms with Gasteiger partial charge in [-0.15, -0.1) is 11.3 Å². The van der Waals surface area contributed by atoms with Gasteiger partial charge >= 0.3 is 0 Å². The Morgan fingerprint density at radius 1 is 1.24 bits per heavy atom. The number of amides is 1. The monoisotopic (exact) mass is 354 g/mol. The number of anilines is 1. The molecule has 126 valence electrons. The van der Waals surface area contributed by atoms with Crippen LogP contribution in [0.5, 0.6) is 0 Å². The van der Waals surface area contributed by atoms with Gasteiger partial charge in [-0.1, -0.05) is 6.07 Å². The van der Waals surface area contributed by atoms with Crippen LogP contribution in [-0.4, -0.2) is 20.8 Å². The molecule has 1 aromatic carbocycles. The third-order valence-corrected chi connectivity index (χ3v) is 4.87. The molecule has 3 rings (SSSR count). The first kappa shape index (κ1) is 16.7. The van der Waals surface area contributed by atoms with E-state index in [1.165, 1.54) is 17.4 Å². The van der Waals surface area contributed by atoms with Crippen molar-refractivity contribution in [3.05, 3.63) is 69.0 Å². The summed E-state index contributed by atoms with van der Waals surface area (Å²) in [6.07, 6.45) is 3.35. The van der Waals surface area contributed by atoms with Crippen molar-refractivity contribution >= 4 is 28.6 Å². The highest BCUT2D eigenvalue weighted by Crippen LogP contribution is 2.29. The van der Waals surface area contributed by atoms with Crippen LogP contribution in [0.1, 0.15) is 20.9 Å². The Morgan fingerprint density at radius 3 is 2.72 bits per heavy atom. The maximum atomic E-state index is 12.6. The van der Waals surface area contributed by atoms with Crippen LogP contribution in [-0.2, 0) is 0 Å². The molecule has 0 saturated heterocycles. The number of nitrogens with one attached hydrogen (secondary N) is 1. The lowest BCUT2D eigenvalue weighted by atomic mass is 10.1. The lowest BCUT2D eigenvalue weighted by Gasteiger charge is -2.07. The zero-order valence-corrected chi connectivity index (χ0v) is 14.3. The van der Waals surface area contributed by atoms with Crippen LogP contribution in [0.15, 0.2) is 42.7 Å². The van der Waals surface area contributed by atoms with Crippen molar-refractivity contribution in [3.63, 3.8) is 0 Å². The highest BCUT2D eigenvalue weighted by atomic mass is 32.1. The van der Waals surface area contributed by atoms with E-state index in [-0.39, 0.29) is 11.6 Å². The van der Waals surface area contributed by atoms with Crippen LogP contribution < -0.4 is 5.32 Å². The summed E-state index contributed by atoms with van der Waals surface area (Å²) < 4.78 is 0. The average molecular weight is 354 g/mol. The summed E-state index contributed by atoms with van der Waals surface area (Å²) >= 11 is 1.26. The molecule has 0 atom stereocenters. The van der Waals surface area contributed by atoms with Crippen LogP contribution in [0.25, 0.3) is 10.6 Å². The second-order valence-electron chi connectivity index (χ2n) is 5.34. The van der Waals surface area contributed by atoms with Gasteiger partial charge in [0.25, 0.3) is 11.6 Å². The van der Waals surface area contributed by atoms with Gasteiger partial charge in [0.15, 0.2) is 0 Å². The van der Waals surface area contributed by atoms with E-state index in [9.17, 15) is 14.9 Å². The maximum Gasteiger partial charge on any atom is 0.274 e. The molecule has 0 aliphatic heterocycles. The Balaban J connectivity index is 1.89. The smallest absolute Gasteiger partial charge is 0.274 e. The number of carbonyl (C=O) groups excluding carboxylic acids is 1. The molecule has 8 heteroatoms. The van der Waals surface area contributed by atoms with Gasteiger partial charge in [-0.25, -0.2) is 4.98 Å². The van der Waals surface area contributed by atoms with E-state index in [1.54, 1.807) is 44.4 Å². The van der Waals surface area contributed by atoms with Crippen LogP contribution in [0, 0.1) is 24.0 Å². The summed E-state index contributed by atoms with van der Waals surface area (Å²) in [5.74, 6) is -0.339. The normalized spacial score (nSPS) is 10.5. The van der Waals surface area contributed by atoms with Gasteiger partial charge < -0.3 is 5.32 Å². The number of nitrogens with zero attached hydrogens (tertiary/aromatic N) is 3. The third-order valence-electron chi connectivity index (χ3n) is 3.66. The molecule has 0 unspecified atom stereocenters. The van der Waals surface area contributed by atoms with Crippen molar-refractivity contribution in [1.82, 2.24) is 9.97 Å². The SMILES string of the molecule is Cc1nc(-c2cccnc2)sc1C(=O)Nc1cccc([N+](=O)[O-])c1C. The van der Waals surface area contributed by atoms with E-state index in [2.05, 4.69) is 15.3 Å². The van der Waals surface area contributed by atoms with Gasteiger partial charge in [0.1, 0.15) is 9.88 Å². The second kappa shape index (κ2) is 6.78. The lowest BCUT2D eigenvalue weighted by molar-refractivity contribution is -0.385. The van der Waals surface area contributed by atoms with E-state index in [1.807, 2.05) is 6.07 Å². The van der Waals surface area contributed by atoms with E-state index >= 15 is 0 Å². The van der Waals surface area contributed by atoms with Gasteiger partial charge in [0, 0.05) is 24.0 Å². The van der Waals surface area contributed by atoms with Crippen molar-refractivity contribution in [2.45, 2.75) is 13.8 Å². The Labute approximate surface area is 147 Å². The first-order valence-corrected chi connectivity index (χ1v) is 8.22. The van der Waals surface area contributed by atoms with E-state index in [4.69, 9.17) is 0 Å². The molecule has 0 spiro atoms. The molecule has 7 nitrogen and oxygen atoms in total. The molecule has 25 heavy (non-hydrogen) atoms. The summed E-state index contributed by atoms with van der Waals surface area (Å²) in [5.41, 5.74) is 2.23. The number of thiazole rings is 1. The zero-order valence-electron chi connectivity index (χ0n) is 13.5. The Kier molecular flexibility index (Phi) is 4.53. The fraction of sp³-hybridized carbons (Fsp3) is 0.118. The average Bonchev–Trinajstić information content (AvgIpc) is 2.99. The molecule has 2 heterocycles. The standard InChI is InChI=1S/C17H14N4O3S/c1-10-13(6-3-7-14(10)21(23)24)20-16(22)15-11(2)19-17(25-15)12-5-4-8-18-9-12/h3-9H,1-2H3,(H,20,22). The zero-order chi connectivity index (χ0) is 18.0. The molecule has 1 amide bonds. The maximum absolute atomic E-state index is 12.6. The molecule has 0 aliphatic carbocycles. The van der Waals surface area contributed by atoms with Crippen molar-refractivity contribution in [2.75, 3.05) is 5.32 Å². The van der Waals surface area contributed by atoms with Crippen molar-refractivity contribution in [2.24, 2.45) is 0 Å². The minimum Gasteiger partial charge on any atom is -0.321 e. The predicted octanol–water partition coefficient (Wildman–Crippen LogP) is 3.98. The number of aromatic nitrogens is 2. The summed E-state index contributed by atoms with van der Waals surface area (Å²) in [4.78, 5) is 32.1. The van der Waals surface area contributed by atoms with E-state index < -0.39 is 4.92 Å².